The number of hydrogen-bond donors (Lipinski definition) is 1. The number of pyridine rings is 1. The van der Waals surface area contributed by atoms with Crippen molar-refractivity contribution >= 4 is 12.4 Å². The lowest BCUT2D eigenvalue weighted by molar-refractivity contribution is 0.577. The molecule has 1 unspecified atom stereocenters. The van der Waals surface area contributed by atoms with Crippen molar-refractivity contribution in [3.05, 3.63) is 29.8 Å². The van der Waals surface area contributed by atoms with Gasteiger partial charge in [-0.3, -0.25) is 0 Å². The van der Waals surface area contributed by atoms with Crippen molar-refractivity contribution in [2.75, 3.05) is 13.1 Å². The quantitative estimate of drug-likeness (QED) is 0.702. The maximum Gasteiger partial charge on any atom is 0.213 e. The Kier molecular flexibility index (Phi) is 3.63. The number of rotatable bonds is 1. The molecule has 0 spiro atoms. The van der Waals surface area contributed by atoms with Crippen LogP contribution in [-0.2, 0) is 0 Å². The number of hydrogen-bond acceptors (Lipinski definition) is 2. The summed E-state index contributed by atoms with van der Waals surface area (Å²) in [6, 6.07) is 3.42. The molecular weight excluding hydrogens is 191 g/mol. The van der Waals surface area contributed by atoms with Crippen LogP contribution < -0.4 is 5.32 Å². The number of halogens is 2. The average molecular weight is 203 g/mol. The highest BCUT2D eigenvalue weighted by Gasteiger charge is 2.16. The van der Waals surface area contributed by atoms with E-state index in [9.17, 15) is 4.39 Å². The molecule has 1 aromatic heterocycles. The minimum Gasteiger partial charge on any atom is -0.316 e. The first-order chi connectivity index (χ1) is 5.86. The lowest BCUT2D eigenvalue weighted by Gasteiger charge is -2.06. The molecule has 2 heterocycles. The summed E-state index contributed by atoms with van der Waals surface area (Å²) >= 11 is 0. The second-order valence-corrected chi connectivity index (χ2v) is 3.10. The van der Waals surface area contributed by atoms with Crippen LogP contribution in [0.5, 0.6) is 0 Å². The van der Waals surface area contributed by atoms with Gasteiger partial charge in [0.15, 0.2) is 0 Å². The van der Waals surface area contributed by atoms with Gasteiger partial charge in [-0.15, -0.1) is 12.4 Å². The van der Waals surface area contributed by atoms with E-state index in [1.165, 1.54) is 12.3 Å². The van der Waals surface area contributed by atoms with Crippen LogP contribution in [0.25, 0.3) is 0 Å². The van der Waals surface area contributed by atoms with Gasteiger partial charge in [-0.2, -0.15) is 4.39 Å². The molecule has 2 rings (SSSR count). The first-order valence-electron chi connectivity index (χ1n) is 4.18. The van der Waals surface area contributed by atoms with Gasteiger partial charge in [-0.05, 0) is 36.6 Å². The topological polar surface area (TPSA) is 24.9 Å². The van der Waals surface area contributed by atoms with E-state index < -0.39 is 0 Å². The fourth-order valence-electron chi connectivity index (χ4n) is 1.61. The second-order valence-electron chi connectivity index (χ2n) is 3.10. The summed E-state index contributed by atoms with van der Waals surface area (Å²) in [4.78, 5) is 3.52. The van der Waals surface area contributed by atoms with E-state index in [2.05, 4.69) is 10.3 Å². The van der Waals surface area contributed by atoms with Crippen molar-refractivity contribution in [1.29, 1.82) is 0 Å². The highest BCUT2D eigenvalue weighted by atomic mass is 35.5. The highest BCUT2D eigenvalue weighted by Crippen LogP contribution is 2.21. The van der Waals surface area contributed by atoms with E-state index in [0.29, 0.717) is 5.92 Å². The van der Waals surface area contributed by atoms with E-state index >= 15 is 0 Å². The van der Waals surface area contributed by atoms with Gasteiger partial charge in [-0.1, -0.05) is 0 Å². The molecule has 2 nitrogen and oxygen atoms in total. The van der Waals surface area contributed by atoms with Gasteiger partial charge in [0.25, 0.3) is 0 Å². The third-order valence-corrected chi connectivity index (χ3v) is 2.28. The third-order valence-electron chi connectivity index (χ3n) is 2.28. The summed E-state index contributed by atoms with van der Waals surface area (Å²) in [6.07, 6.45) is 2.63. The first kappa shape index (κ1) is 10.4. The summed E-state index contributed by atoms with van der Waals surface area (Å²) in [5, 5.41) is 3.25. The molecule has 0 aromatic carbocycles. The van der Waals surface area contributed by atoms with Crippen LogP contribution in [-0.4, -0.2) is 18.1 Å². The van der Waals surface area contributed by atoms with Crippen LogP contribution in [0.1, 0.15) is 17.9 Å². The molecular formula is C9H12ClFN2. The Morgan fingerprint density at radius 2 is 2.38 bits per heavy atom. The summed E-state index contributed by atoms with van der Waals surface area (Å²) in [7, 11) is 0. The SMILES string of the molecule is Cl.Fc1cc(C2CCNC2)ccn1. The van der Waals surface area contributed by atoms with Gasteiger partial charge >= 0.3 is 0 Å². The van der Waals surface area contributed by atoms with Gasteiger partial charge in [0, 0.05) is 12.7 Å². The standard InChI is InChI=1S/C9H11FN2.ClH/c10-9-5-7(2-4-12-9)8-1-3-11-6-8;/h2,4-5,8,11H,1,3,6H2;1H. The molecule has 1 aliphatic rings. The van der Waals surface area contributed by atoms with Crippen LogP contribution in [0.15, 0.2) is 18.3 Å². The predicted molar refractivity (Wildman–Crippen MR) is 51.7 cm³/mol. The average Bonchev–Trinajstić information content (AvgIpc) is 2.56. The normalized spacial score (nSPS) is 21.2. The van der Waals surface area contributed by atoms with E-state index in [1.54, 1.807) is 0 Å². The summed E-state index contributed by atoms with van der Waals surface area (Å²) in [6.45, 7) is 2.00. The third kappa shape index (κ3) is 2.39. The zero-order valence-electron chi connectivity index (χ0n) is 7.16. The fourth-order valence-corrected chi connectivity index (χ4v) is 1.61. The van der Waals surface area contributed by atoms with Crippen LogP contribution >= 0.6 is 12.4 Å². The number of aromatic nitrogens is 1. The van der Waals surface area contributed by atoms with Crippen molar-refractivity contribution in [3.8, 4) is 0 Å². The maximum atomic E-state index is 12.7. The second kappa shape index (κ2) is 4.53. The molecule has 0 saturated carbocycles. The van der Waals surface area contributed by atoms with Crippen LogP contribution in [0.4, 0.5) is 4.39 Å². The van der Waals surface area contributed by atoms with E-state index in [-0.39, 0.29) is 18.4 Å². The van der Waals surface area contributed by atoms with Crippen LogP contribution in [0, 0.1) is 5.95 Å². The molecule has 13 heavy (non-hydrogen) atoms. The minimum atomic E-state index is -0.376. The molecule has 1 N–H and O–H groups in total. The Labute approximate surface area is 83.0 Å². The predicted octanol–water partition coefficient (Wildman–Crippen LogP) is 1.72. The Morgan fingerprint density at radius 3 is 3.00 bits per heavy atom. The molecule has 1 fully saturated rings. The molecule has 1 aliphatic heterocycles. The monoisotopic (exact) mass is 202 g/mol. The maximum absolute atomic E-state index is 12.7. The van der Waals surface area contributed by atoms with Crippen LogP contribution in [0.3, 0.4) is 0 Å². The van der Waals surface area contributed by atoms with Crippen LogP contribution in [0.2, 0.25) is 0 Å². The molecule has 0 radical (unpaired) electrons. The van der Waals surface area contributed by atoms with Crippen molar-refractivity contribution in [3.63, 3.8) is 0 Å². The Hall–Kier alpha value is -0.670. The first-order valence-corrected chi connectivity index (χ1v) is 4.18. The molecule has 1 saturated heterocycles. The molecule has 1 atom stereocenters. The molecule has 72 valence electrons. The van der Waals surface area contributed by atoms with E-state index in [4.69, 9.17) is 0 Å². The van der Waals surface area contributed by atoms with Crippen molar-refractivity contribution in [1.82, 2.24) is 10.3 Å². The van der Waals surface area contributed by atoms with Gasteiger partial charge in [0.05, 0.1) is 0 Å². The smallest absolute Gasteiger partial charge is 0.213 e. The molecule has 1 aromatic rings. The van der Waals surface area contributed by atoms with Gasteiger partial charge in [-0.25, -0.2) is 4.98 Å². The van der Waals surface area contributed by atoms with Gasteiger partial charge < -0.3 is 5.32 Å². The molecule has 0 aliphatic carbocycles. The van der Waals surface area contributed by atoms with Crippen molar-refractivity contribution in [2.45, 2.75) is 12.3 Å². The van der Waals surface area contributed by atoms with Crippen molar-refractivity contribution < 1.29 is 4.39 Å². The largest absolute Gasteiger partial charge is 0.316 e. The Morgan fingerprint density at radius 1 is 1.54 bits per heavy atom. The molecule has 0 bridgehead atoms. The fraction of sp³-hybridized carbons (Fsp3) is 0.444. The number of nitrogens with one attached hydrogen (secondary N) is 1. The Bertz CT molecular complexity index is 274. The lowest BCUT2D eigenvalue weighted by Crippen LogP contribution is -2.08. The van der Waals surface area contributed by atoms with Crippen molar-refractivity contribution in [2.24, 2.45) is 0 Å². The lowest BCUT2D eigenvalue weighted by atomic mass is 10.00. The number of nitrogens with zero attached hydrogens (tertiary/aromatic N) is 1. The Balaban J connectivity index is 0.000000845. The highest BCUT2D eigenvalue weighted by molar-refractivity contribution is 5.85. The van der Waals surface area contributed by atoms with E-state index in [0.717, 1.165) is 25.1 Å². The van der Waals surface area contributed by atoms with Gasteiger partial charge in [0.1, 0.15) is 0 Å². The zero-order valence-corrected chi connectivity index (χ0v) is 7.98. The summed E-state index contributed by atoms with van der Waals surface area (Å²) < 4.78 is 12.7. The summed E-state index contributed by atoms with van der Waals surface area (Å²) in [5.41, 5.74) is 1.06. The zero-order chi connectivity index (χ0) is 8.39. The van der Waals surface area contributed by atoms with Gasteiger partial charge in [0.2, 0.25) is 5.95 Å². The van der Waals surface area contributed by atoms with E-state index in [1.807, 2.05) is 6.07 Å². The molecule has 0 amide bonds. The molecule has 4 heteroatoms. The summed E-state index contributed by atoms with van der Waals surface area (Å²) in [5.74, 6) is 0.0990. The minimum absolute atomic E-state index is 0.